The maximum atomic E-state index is 13.5. The molecule has 1 N–H and O–H groups in total. The van der Waals surface area contributed by atoms with Gasteiger partial charge in [0.1, 0.15) is 11.4 Å². The summed E-state index contributed by atoms with van der Waals surface area (Å²) in [6.45, 7) is 5.56. The normalized spacial score (nSPS) is 14.8. The molecular formula is C22H27N4O2S+. The van der Waals surface area contributed by atoms with E-state index in [0.717, 1.165) is 24.2 Å². The summed E-state index contributed by atoms with van der Waals surface area (Å²) in [7, 11) is -1.55. The van der Waals surface area contributed by atoms with Gasteiger partial charge < -0.3 is 4.90 Å². The van der Waals surface area contributed by atoms with Crippen molar-refractivity contribution in [3.05, 3.63) is 77.1 Å². The van der Waals surface area contributed by atoms with Crippen molar-refractivity contribution in [1.29, 1.82) is 0 Å². The molecule has 152 valence electrons. The number of fused-ring (bicyclic) bond motifs is 1. The maximum absolute atomic E-state index is 13.5. The quantitative estimate of drug-likeness (QED) is 0.674. The number of hydrogen-bond acceptors (Lipinski definition) is 3. The largest absolute Gasteiger partial charge is 0.315 e. The summed E-state index contributed by atoms with van der Waals surface area (Å²) in [6.07, 6.45) is 0.742. The van der Waals surface area contributed by atoms with E-state index >= 15 is 0 Å². The second kappa shape index (κ2) is 7.65. The Morgan fingerprint density at radius 3 is 2.48 bits per heavy atom. The van der Waals surface area contributed by atoms with Crippen LogP contribution in [0.1, 0.15) is 22.5 Å². The van der Waals surface area contributed by atoms with Gasteiger partial charge in [-0.25, -0.2) is 13.1 Å². The first-order valence-corrected chi connectivity index (χ1v) is 11.3. The number of rotatable bonds is 6. The molecule has 6 nitrogen and oxygen atoms in total. The first-order valence-electron chi connectivity index (χ1n) is 9.88. The lowest BCUT2D eigenvalue weighted by Crippen LogP contribution is -3.07. The Balaban J connectivity index is 1.60. The Labute approximate surface area is 172 Å². The van der Waals surface area contributed by atoms with Crippen molar-refractivity contribution >= 4 is 15.7 Å². The minimum atomic E-state index is -3.65. The van der Waals surface area contributed by atoms with Crippen LogP contribution in [-0.4, -0.2) is 31.8 Å². The topological polar surface area (TPSA) is 59.6 Å². The zero-order valence-corrected chi connectivity index (χ0v) is 17.9. The van der Waals surface area contributed by atoms with E-state index in [-0.39, 0.29) is 0 Å². The van der Waals surface area contributed by atoms with E-state index in [1.165, 1.54) is 14.8 Å². The number of sulfonamides is 1. The average Bonchev–Trinajstić information content (AvgIpc) is 3.24. The summed E-state index contributed by atoms with van der Waals surface area (Å²) in [4.78, 5) is 1.57. The minimum Gasteiger partial charge on any atom is -0.315 e. The van der Waals surface area contributed by atoms with Crippen LogP contribution in [0.3, 0.4) is 0 Å². The highest BCUT2D eigenvalue weighted by atomic mass is 32.2. The Morgan fingerprint density at radius 1 is 1.03 bits per heavy atom. The fourth-order valence-electron chi connectivity index (χ4n) is 4.13. The van der Waals surface area contributed by atoms with Crippen LogP contribution in [0, 0.1) is 13.8 Å². The van der Waals surface area contributed by atoms with Gasteiger partial charge in [-0.2, -0.15) is 5.10 Å². The third kappa shape index (κ3) is 3.68. The fraction of sp³-hybridized carbons (Fsp3) is 0.318. The van der Waals surface area contributed by atoms with Crippen LogP contribution >= 0.6 is 0 Å². The molecular weight excluding hydrogens is 384 g/mol. The van der Waals surface area contributed by atoms with Crippen LogP contribution < -0.4 is 9.21 Å². The predicted molar refractivity (Wildman–Crippen MR) is 113 cm³/mol. The van der Waals surface area contributed by atoms with Crippen molar-refractivity contribution in [3.8, 4) is 0 Å². The predicted octanol–water partition coefficient (Wildman–Crippen LogP) is 1.92. The Kier molecular flexibility index (Phi) is 5.19. The number of para-hydroxylation sites is 1. The monoisotopic (exact) mass is 411 g/mol. The van der Waals surface area contributed by atoms with Crippen LogP contribution in [0.15, 0.2) is 59.5 Å². The average molecular weight is 412 g/mol. The second-order valence-corrected chi connectivity index (χ2v) is 9.53. The summed E-state index contributed by atoms with van der Waals surface area (Å²) in [6, 6.07) is 18.0. The molecule has 0 fully saturated rings. The van der Waals surface area contributed by atoms with Crippen molar-refractivity contribution < 1.29 is 13.3 Å². The van der Waals surface area contributed by atoms with Crippen LogP contribution in [0.25, 0.3) is 0 Å². The summed E-state index contributed by atoms with van der Waals surface area (Å²) in [5, 5.41) is 4.58. The van der Waals surface area contributed by atoms with E-state index in [9.17, 15) is 8.42 Å². The van der Waals surface area contributed by atoms with Crippen LogP contribution in [0.4, 0.5) is 5.69 Å². The molecule has 1 unspecified atom stereocenters. The molecule has 29 heavy (non-hydrogen) atoms. The summed E-state index contributed by atoms with van der Waals surface area (Å²) >= 11 is 0. The van der Waals surface area contributed by atoms with Gasteiger partial charge in [-0.1, -0.05) is 48.5 Å². The van der Waals surface area contributed by atoms with E-state index < -0.39 is 10.0 Å². The molecule has 0 bridgehead atoms. The van der Waals surface area contributed by atoms with Crippen molar-refractivity contribution in [2.24, 2.45) is 0 Å². The van der Waals surface area contributed by atoms with Gasteiger partial charge in [0.15, 0.2) is 6.67 Å². The highest BCUT2D eigenvalue weighted by molar-refractivity contribution is 7.93. The first kappa shape index (κ1) is 19.7. The van der Waals surface area contributed by atoms with Gasteiger partial charge in [0, 0.05) is 12.1 Å². The maximum Gasteiger partial charge on any atom is 0.268 e. The van der Waals surface area contributed by atoms with Gasteiger partial charge in [-0.05, 0) is 31.9 Å². The molecule has 0 radical (unpaired) electrons. The van der Waals surface area contributed by atoms with E-state index in [0.29, 0.717) is 29.5 Å². The molecule has 1 aliphatic heterocycles. The fourth-order valence-corrected chi connectivity index (χ4v) is 6.01. The first-order chi connectivity index (χ1) is 13.9. The summed E-state index contributed by atoms with van der Waals surface area (Å²) < 4.78 is 30.3. The molecule has 2 heterocycles. The molecule has 0 aliphatic carbocycles. The summed E-state index contributed by atoms with van der Waals surface area (Å²) in [5.41, 5.74) is 4.35. The standard InChI is InChI=1S/C22H26N4O2S/c1-17-22(29(27,28)26-14-13-20-11-7-8-12-21(20)26)18(2)25(23-17)16-24(3)15-19-9-5-4-6-10-19/h4-12H,13-16H2,1-3H3/p+1. The summed E-state index contributed by atoms with van der Waals surface area (Å²) in [5.74, 6) is 0. The number of anilines is 1. The number of benzene rings is 2. The molecule has 1 aromatic heterocycles. The lowest BCUT2D eigenvalue weighted by molar-refractivity contribution is -0.917. The van der Waals surface area contributed by atoms with E-state index in [1.807, 2.05) is 54.1 Å². The van der Waals surface area contributed by atoms with Crippen molar-refractivity contribution in [2.45, 2.75) is 38.4 Å². The Morgan fingerprint density at radius 2 is 1.72 bits per heavy atom. The van der Waals surface area contributed by atoms with Gasteiger partial charge in [0.05, 0.1) is 24.1 Å². The minimum absolute atomic E-state index is 0.335. The van der Waals surface area contributed by atoms with Gasteiger partial charge in [0.25, 0.3) is 10.0 Å². The lowest BCUT2D eigenvalue weighted by atomic mass is 10.2. The molecule has 2 aromatic carbocycles. The van der Waals surface area contributed by atoms with Gasteiger partial charge in [-0.15, -0.1) is 0 Å². The number of aromatic nitrogens is 2. The van der Waals surface area contributed by atoms with Gasteiger partial charge in [-0.3, -0.25) is 4.31 Å². The Hall–Kier alpha value is -2.64. The molecule has 4 rings (SSSR count). The SMILES string of the molecule is Cc1nn(C[NH+](C)Cc2ccccc2)c(C)c1S(=O)(=O)N1CCc2ccccc21. The number of aryl methyl sites for hydroxylation is 1. The third-order valence-electron chi connectivity index (χ3n) is 5.48. The highest BCUT2D eigenvalue weighted by Gasteiger charge is 2.35. The molecule has 3 aromatic rings. The van der Waals surface area contributed by atoms with Crippen molar-refractivity contribution in [1.82, 2.24) is 9.78 Å². The van der Waals surface area contributed by atoms with Crippen LogP contribution in [-0.2, 0) is 29.7 Å². The van der Waals surface area contributed by atoms with Crippen molar-refractivity contribution in [2.75, 3.05) is 17.9 Å². The smallest absolute Gasteiger partial charge is 0.268 e. The molecule has 0 amide bonds. The highest BCUT2D eigenvalue weighted by Crippen LogP contribution is 2.34. The molecule has 1 atom stereocenters. The van der Waals surface area contributed by atoms with Crippen molar-refractivity contribution in [3.63, 3.8) is 0 Å². The number of hydrogen-bond donors (Lipinski definition) is 1. The van der Waals surface area contributed by atoms with Gasteiger partial charge in [0.2, 0.25) is 0 Å². The molecule has 0 spiro atoms. The number of nitrogens with one attached hydrogen (secondary N) is 1. The zero-order chi connectivity index (χ0) is 20.6. The van der Waals surface area contributed by atoms with E-state index in [4.69, 9.17) is 0 Å². The van der Waals surface area contributed by atoms with E-state index in [2.05, 4.69) is 24.3 Å². The third-order valence-corrected chi connectivity index (χ3v) is 7.54. The van der Waals surface area contributed by atoms with Crippen LogP contribution in [0.5, 0.6) is 0 Å². The lowest BCUT2D eigenvalue weighted by Gasteiger charge is -2.20. The van der Waals surface area contributed by atoms with Gasteiger partial charge >= 0.3 is 0 Å². The zero-order valence-electron chi connectivity index (χ0n) is 17.1. The van der Waals surface area contributed by atoms with E-state index in [1.54, 1.807) is 6.92 Å². The van der Waals surface area contributed by atoms with Crippen LogP contribution in [0.2, 0.25) is 0 Å². The molecule has 0 saturated carbocycles. The molecule has 7 heteroatoms. The molecule has 1 aliphatic rings. The Bertz CT molecular complexity index is 1120. The molecule has 0 saturated heterocycles. The number of nitrogens with zero attached hydrogens (tertiary/aromatic N) is 3. The second-order valence-electron chi connectivity index (χ2n) is 7.73. The number of quaternary nitrogens is 1.